The fraction of sp³-hybridized carbons (Fsp3) is 0.308. The molecule has 2 aromatic rings. The second-order valence-electron chi connectivity index (χ2n) is 3.66. The van der Waals surface area contributed by atoms with Crippen LogP contribution in [0.2, 0.25) is 0 Å². The summed E-state index contributed by atoms with van der Waals surface area (Å²) in [5.74, 6) is 1.44. The van der Waals surface area contributed by atoms with Crippen molar-refractivity contribution < 1.29 is 13.9 Å². The zero-order valence-corrected chi connectivity index (χ0v) is 10.5. The van der Waals surface area contributed by atoms with Gasteiger partial charge in [0.1, 0.15) is 17.8 Å². The topological polar surface area (TPSA) is 56.5 Å². The van der Waals surface area contributed by atoms with Crippen molar-refractivity contribution >= 4 is 0 Å². The molecule has 5 nitrogen and oxygen atoms in total. The monoisotopic (exact) mass is 248 g/mol. The summed E-state index contributed by atoms with van der Waals surface area (Å²) in [6.07, 6.45) is 1.83. The molecule has 0 aliphatic rings. The number of nitrogens with zero attached hydrogens (tertiary/aromatic N) is 1. The van der Waals surface area contributed by atoms with Crippen LogP contribution in [0.25, 0.3) is 0 Å². The first-order chi connectivity index (χ1) is 8.81. The smallest absolute Gasteiger partial charge is 0.399 e. The van der Waals surface area contributed by atoms with E-state index in [0.717, 1.165) is 18.0 Å². The van der Waals surface area contributed by atoms with E-state index in [2.05, 4.69) is 10.3 Å². The average molecular weight is 248 g/mol. The fourth-order valence-electron chi connectivity index (χ4n) is 1.41. The lowest BCUT2D eigenvalue weighted by Gasteiger charge is -2.02. The molecule has 0 radical (unpaired) electrons. The van der Waals surface area contributed by atoms with Crippen LogP contribution in [-0.4, -0.2) is 18.6 Å². The number of benzene rings is 1. The van der Waals surface area contributed by atoms with E-state index in [9.17, 15) is 0 Å². The van der Waals surface area contributed by atoms with E-state index in [1.807, 2.05) is 19.1 Å². The molecule has 18 heavy (non-hydrogen) atoms. The minimum absolute atomic E-state index is 0.244. The van der Waals surface area contributed by atoms with Crippen LogP contribution in [0.3, 0.4) is 0 Å². The molecule has 0 bridgehead atoms. The van der Waals surface area contributed by atoms with Crippen LogP contribution >= 0.6 is 0 Å². The van der Waals surface area contributed by atoms with Crippen molar-refractivity contribution in [2.24, 2.45) is 0 Å². The molecule has 0 spiro atoms. The van der Waals surface area contributed by atoms with Gasteiger partial charge >= 0.3 is 6.08 Å². The van der Waals surface area contributed by atoms with E-state index < -0.39 is 0 Å². The highest BCUT2D eigenvalue weighted by Crippen LogP contribution is 2.23. The molecule has 5 heteroatoms. The molecule has 1 aromatic carbocycles. The van der Waals surface area contributed by atoms with Gasteiger partial charge in [-0.2, -0.15) is 4.98 Å². The second kappa shape index (κ2) is 6.07. The predicted molar refractivity (Wildman–Crippen MR) is 67.0 cm³/mol. The number of hydrogen-bond donors (Lipinski definition) is 1. The quantitative estimate of drug-likeness (QED) is 0.851. The Morgan fingerprint density at radius 1 is 1.22 bits per heavy atom. The van der Waals surface area contributed by atoms with Crippen molar-refractivity contribution in [3.05, 3.63) is 36.2 Å². The lowest BCUT2D eigenvalue weighted by atomic mass is 10.3. The lowest BCUT2D eigenvalue weighted by Crippen LogP contribution is -2.11. The fourth-order valence-corrected chi connectivity index (χ4v) is 1.41. The third-order valence-corrected chi connectivity index (χ3v) is 2.35. The highest BCUT2D eigenvalue weighted by Gasteiger charge is 2.06. The van der Waals surface area contributed by atoms with Crippen LogP contribution in [0.1, 0.15) is 12.6 Å². The van der Waals surface area contributed by atoms with Crippen molar-refractivity contribution in [1.29, 1.82) is 0 Å². The number of methoxy groups -OCH3 is 1. The zero-order valence-electron chi connectivity index (χ0n) is 10.5. The van der Waals surface area contributed by atoms with Gasteiger partial charge in [0.25, 0.3) is 0 Å². The van der Waals surface area contributed by atoms with E-state index in [1.54, 1.807) is 25.5 Å². The zero-order chi connectivity index (χ0) is 12.8. The highest BCUT2D eigenvalue weighted by molar-refractivity contribution is 5.32. The van der Waals surface area contributed by atoms with Gasteiger partial charge in [-0.25, -0.2) is 0 Å². The van der Waals surface area contributed by atoms with Gasteiger partial charge in [-0.1, -0.05) is 6.92 Å². The van der Waals surface area contributed by atoms with Crippen LogP contribution in [0, 0.1) is 0 Å². The van der Waals surface area contributed by atoms with E-state index >= 15 is 0 Å². The Balaban J connectivity index is 1.97. The molecule has 0 saturated heterocycles. The molecule has 0 fully saturated rings. The van der Waals surface area contributed by atoms with Gasteiger partial charge < -0.3 is 19.2 Å². The predicted octanol–water partition coefficient (Wildman–Crippen LogP) is 2.59. The van der Waals surface area contributed by atoms with Gasteiger partial charge in [0.2, 0.25) is 0 Å². The molecule has 2 rings (SSSR count). The first-order valence-electron chi connectivity index (χ1n) is 5.79. The summed E-state index contributed by atoms with van der Waals surface area (Å²) in [6.45, 7) is 3.60. The Hall–Kier alpha value is -2.01. The normalized spacial score (nSPS) is 10.3. The summed E-state index contributed by atoms with van der Waals surface area (Å²) in [5.41, 5.74) is 0.820. The van der Waals surface area contributed by atoms with Gasteiger partial charge in [0.15, 0.2) is 0 Å². The van der Waals surface area contributed by atoms with Gasteiger partial charge in [-0.05, 0) is 30.8 Å². The summed E-state index contributed by atoms with van der Waals surface area (Å²) in [6, 6.07) is 7.23. The highest BCUT2D eigenvalue weighted by atomic mass is 16.6. The van der Waals surface area contributed by atoms with Crippen LogP contribution in [0.4, 0.5) is 0 Å². The number of oxazole rings is 1. The maximum Gasteiger partial charge on any atom is 0.399 e. The standard InChI is InChI=1S/C13H16N2O3/c1-3-14-8-10-9-17-13(15-10)18-12-6-4-11(16-2)5-7-12/h4-7,9,14H,3,8H2,1-2H3. The van der Waals surface area contributed by atoms with Crippen molar-refractivity contribution in [2.45, 2.75) is 13.5 Å². The van der Waals surface area contributed by atoms with Crippen LogP contribution in [0.15, 0.2) is 34.9 Å². The Morgan fingerprint density at radius 2 is 1.94 bits per heavy atom. The van der Waals surface area contributed by atoms with Gasteiger partial charge in [-0.15, -0.1) is 0 Å². The van der Waals surface area contributed by atoms with Crippen LogP contribution in [0.5, 0.6) is 17.6 Å². The number of ether oxygens (including phenoxy) is 2. The van der Waals surface area contributed by atoms with Gasteiger partial charge in [-0.3, -0.25) is 0 Å². The Kier molecular flexibility index (Phi) is 4.20. The Labute approximate surface area is 106 Å². The summed E-state index contributed by atoms with van der Waals surface area (Å²) >= 11 is 0. The molecule has 96 valence electrons. The summed E-state index contributed by atoms with van der Waals surface area (Å²) in [5, 5.41) is 3.16. The third kappa shape index (κ3) is 3.24. The number of nitrogens with one attached hydrogen (secondary N) is 1. The van der Waals surface area contributed by atoms with Crippen molar-refractivity contribution in [2.75, 3.05) is 13.7 Å². The SMILES string of the molecule is CCNCc1coc(Oc2ccc(OC)cc2)n1. The number of aromatic nitrogens is 1. The molecular weight excluding hydrogens is 232 g/mol. The molecule has 1 N–H and O–H groups in total. The molecule has 1 aromatic heterocycles. The Morgan fingerprint density at radius 3 is 2.61 bits per heavy atom. The molecule has 0 amide bonds. The number of rotatable bonds is 6. The molecule has 0 aliphatic heterocycles. The first-order valence-corrected chi connectivity index (χ1v) is 5.79. The van der Waals surface area contributed by atoms with E-state index in [1.165, 1.54) is 0 Å². The molecule has 1 heterocycles. The summed E-state index contributed by atoms with van der Waals surface area (Å²) in [4.78, 5) is 4.20. The summed E-state index contributed by atoms with van der Waals surface area (Å²) < 4.78 is 15.8. The molecule has 0 atom stereocenters. The second-order valence-corrected chi connectivity index (χ2v) is 3.66. The molecule has 0 unspecified atom stereocenters. The van der Waals surface area contributed by atoms with Crippen molar-refractivity contribution in [3.63, 3.8) is 0 Å². The van der Waals surface area contributed by atoms with E-state index in [4.69, 9.17) is 13.9 Å². The maximum absolute atomic E-state index is 5.48. The Bertz CT molecular complexity index is 479. The van der Waals surface area contributed by atoms with Crippen molar-refractivity contribution in [3.8, 4) is 17.6 Å². The van der Waals surface area contributed by atoms with Gasteiger partial charge in [0, 0.05) is 6.54 Å². The first kappa shape index (κ1) is 12.4. The molecule has 0 aliphatic carbocycles. The lowest BCUT2D eigenvalue weighted by molar-refractivity contribution is 0.330. The molecular formula is C13H16N2O3. The third-order valence-electron chi connectivity index (χ3n) is 2.35. The van der Waals surface area contributed by atoms with Crippen LogP contribution < -0.4 is 14.8 Å². The summed E-state index contributed by atoms with van der Waals surface area (Å²) in [7, 11) is 1.62. The number of hydrogen-bond acceptors (Lipinski definition) is 5. The van der Waals surface area contributed by atoms with E-state index in [0.29, 0.717) is 12.3 Å². The van der Waals surface area contributed by atoms with Crippen molar-refractivity contribution in [1.82, 2.24) is 10.3 Å². The van der Waals surface area contributed by atoms with E-state index in [-0.39, 0.29) is 6.08 Å². The molecule has 0 saturated carbocycles. The minimum atomic E-state index is 0.244. The maximum atomic E-state index is 5.48. The van der Waals surface area contributed by atoms with Crippen LogP contribution in [-0.2, 0) is 6.54 Å². The van der Waals surface area contributed by atoms with Gasteiger partial charge in [0.05, 0.1) is 12.8 Å². The average Bonchev–Trinajstić information content (AvgIpc) is 2.85. The minimum Gasteiger partial charge on any atom is -0.497 e. The largest absolute Gasteiger partial charge is 0.497 e.